The number of fused-ring (bicyclic) bond motifs is 1. The van der Waals surface area contributed by atoms with E-state index in [0.717, 1.165) is 5.56 Å². The Bertz CT molecular complexity index is 1130. The van der Waals surface area contributed by atoms with Gasteiger partial charge >= 0.3 is 0 Å². The molecule has 8 heteroatoms. The number of amides is 1. The van der Waals surface area contributed by atoms with Crippen molar-refractivity contribution in [2.75, 3.05) is 17.2 Å². The van der Waals surface area contributed by atoms with Gasteiger partial charge in [0.05, 0.1) is 18.5 Å². The predicted molar refractivity (Wildman–Crippen MR) is 110 cm³/mol. The van der Waals surface area contributed by atoms with Crippen molar-refractivity contribution in [2.45, 2.75) is 13.5 Å². The van der Waals surface area contributed by atoms with Crippen LogP contribution in [0.4, 0.5) is 11.5 Å². The van der Waals surface area contributed by atoms with Crippen molar-refractivity contribution in [2.24, 2.45) is 0 Å². The molecule has 29 heavy (non-hydrogen) atoms. The largest absolute Gasteiger partial charge is 0.492 e. The number of nitrogens with one attached hydrogen (secondary N) is 2. The molecule has 0 bridgehead atoms. The molecule has 1 amide bonds. The molecule has 0 atom stereocenters. The maximum absolute atomic E-state index is 12.8. The second kappa shape index (κ2) is 8.39. The van der Waals surface area contributed by atoms with E-state index in [1.807, 2.05) is 43.3 Å². The summed E-state index contributed by atoms with van der Waals surface area (Å²) in [6, 6.07) is 13.0. The lowest BCUT2D eigenvalue weighted by atomic mass is 10.2. The Balaban J connectivity index is 1.55. The van der Waals surface area contributed by atoms with E-state index < -0.39 is 0 Å². The lowest BCUT2D eigenvalue weighted by Gasteiger charge is -2.10. The fraction of sp³-hybridized carbons (Fsp3) is 0.143. The van der Waals surface area contributed by atoms with Gasteiger partial charge in [0, 0.05) is 25.1 Å². The third-order valence-corrected chi connectivity index (χ3v) is 4.25. The van der Waals surface area contributed by atoms with Gasteiger partial charge in [-0.2, -0.15) is 5.10 Å². The number of carbonyl (C=O) groups excluding carboxylic acids is 1. The van der Waals surface area contributed by atoms with Crippen LogP contribution >= 0.6 is 0 Å². The molecule has 146 valence electrons. The van der Waals surface area contributed by atoms with Crippen LogP contribution in [-0.4, -0.2) is 32.1 Å². The van der Waals surface area contributed by atoms with E-state index in [1.165, 1.54) is 6.20 Å². The smallest absolute Gasteiger partial charge is 0.261 e. The van der Waals surface area contributed by atoms with Crippen molar-refractivity contribution >= 4 is 23.1 Å². The number of rotatable bonds is 7. The minimum absolute atomic E-state index is 0.302. The van der Waals surface area contributed by atoms with Crippen LogP contribution in [0.2, 0.25) is 0 Å². The summed E-state index contributed by atoms with van der Waals surface area (Å²) in [5.74, 6) is 0.960. The Morgan fingerprint density at radius 1 is 1.14 bits per heavy atom. The number of hydrogen-bond acceptors (Lipinski definition) is 6. The summed E-state index contributed by atoms with van der Waals surface area (Å²) in [7, 11) is 0. The molecule has 4 rings (SSSR count). The molecule has 0 aliphatic rings. The summed E-state index contributed by atoms with van der Waals surface area (Å²) in [4.78, 5) is 21.5. The van der Waals surface area contributed by atoms with Crippen molar-refractivity contribution in [3.8, 4) is 5.75 Å². The van der Waals surface area contributed by atoms with Crippen LogP contribution in [0.5, 0.6) is 5.75 Å². The summed E-state index contributed by atoms with van der Waals surface area (Å²) in [6.45, 7) is 2.99. The van der Waals surface area contributed by atoms with E-state index in [1.54, 1.807) is 29.2 Å². The topological polar surface area (TPSA) is 93.4 Å². The molecule has 1 aromatic carbocycles. The number of anilines is 2. The van der Waals surface area contributed by atoms with Gasteiger partial charge in [0.1, 0.15) is 17.1 Å². The van der Waals surface area contributed by atoms with Gasteiger partial charge in [-0.1, -0.05) is 18.2 Å². The van der Waals surface area contributed by atoms with Gasteiger partial charge in [0.2, 0.25) is 0 Å². The van der Waals surface area contributed by atoms with Crippen LogP contribution in [0.3, 0.4) is 0 Å². The maximum atomic E-state index is 12.8. The minimum atomic E-state index is -0.302. The molecule has 3 heterocycles. The quantitative estimate of drug-likeness (QED) is 0.504. The van der Waals surface area contributed by atoms with Crippen LogP contribution in [0.15, 0.2) is 67.3 Å². The highest BCUT2D eigenvalue weighted by atomic mass is 16.5. The van der Waals surface area contributed by atoms with Crippen molar-refractivity contribution in [3.05, 3.63) is 78.4 Å². The average Bonchev–Trinajstić information content (AvgIpc) is 3.18. The number of para-hydroxylation sites is 2. The van der Waals surface area contributed by atoms with E-state index >= 15 is 0 Å². The molecule has 3 aromatic heterocycles. The number of ether oxygens (including phenoxy) is 1. The van der Waals surface area contributed by atoms with E-state index in [2.05, 4.69) is 25.7 Å². The Kier molecular flexibility index (Phi) is 5.33. The van der Waals surface area contributed by atoms with Crippen molar-refractivity contribution in [3.63, 3.8) is 0 Å². The van der Waals surface area contributed by atoms with Crippen LogP contribution in [0, 0.1) is 0 Å². The average molecular weight is 388 g/mol. The van der Waals surface area contributed by atoms with E-state index in [0.29, 0.717) is 41.6 Å². The first kappa shape index (κ1) is 18.4. The number of nitrogens with zero attached hydrogens (tertiary/aromatic N) is 4. The molecular formula is C21H20N6O2. The van der Waals surface area contributed by atoms with Gasteiger partial charge in [0.25, 0.3) is 5.91 Å². The lowest BCUT2D eigenvalue weighted by Crippen LogP contribution is -2.13. The highest BCUT2D eigenvalue weighted by molar-refractivity contribution is 6.08. The Labute approximate surface area is 167 Å². The zero-order valence-corrected chi connectivity index (χ0v) is 15.9. The second-order valence-electron chi connectivity index (χ2n) is 6.24. The molecule has 0 saturated carbocycles. The third-order valence-electron chi connectivity index (χ3n) is 4.25. The maximum Gasteiger partial charge on any atom is 0.261 e. The zero-order chi connectivity index (χ0) is 20.1. The first-order valence-corrected chi connectivity index (χ1v) is 9.25. The van der Waals surface area contributed by atoms with Crippen LogP contribution < -0.4 is 15.4 Å². The van der Waals surface area contributed by atoms with Crippen LogP contribution in [0.25, 0.3) is 5.65 Å². The number of carbonyl (C=O) groups is 1. The van der Waals surface area contributed by atoms with Crippen LogP contribution in [0.1, 0.15) is 22.8 Å². The van der Waals surface area contributed by atoms with Gasteiger partial charge in [-0.05, 0) is 36.8 Å². The van der Waals surface area contributed by atoms with Crippen molar-refractivity contribution in [1.29, 1.82) is 0 Å². The van der Waals surface area contributed by atoms with Crippen molar-refractivity contribution in [1.82, 2.24) is 19.6 Å². The first-order chi connectivity index (χ1) is 14.2. The summed E-state index contributed by atoms with van der Waals surface area (Å²) >= 11 is 0. The summed E-state index contributed by atoms with van der Waals surface area (Å²) in [5, 5.41) is 10.3. The molecule has 8 nitrogen and oxygen atoms in total. The monoisotopic (exact) mass is 388 g/mol. The summed E-state index contributed by atoms with van der Waals surface area (Å²) in [6.07, 6.45) is 6.79. The van der Waals surface area contributed by atoms with Gasteiger partial charge in [-0.15, -0.1) is 0 Å². The van der Waals surface area contributed by atoms with Gasteiger partial charge in [-0.25, -0.2) is 9.50 Å². The molecule has 0 unspecified atom stereocenters. The second-order valence-corrected chi connectivity index (χ2v) is 6.24. The first-order valence-electron chi connectivity index (χ1n) is 9.25. The van der Waals surface area contributed by atoms with E-state index in [-0.39, 0.29) is 5.91 Å². The predicted octanol–water partition coefficient (Wildman–Crippen LogP) is 3.39. The number of aromatic nitrogens is 4. The molecule has 4 aromatic rings. The molecule has 0 spiro atoms. The lowest BCUT2D eigenvalue weighted by molar-refractivity contribution is 0.102. The Hall–Kier alpha value is -3.94. The molecule has 0 saturated heterocycles. The number of pyridine rings is 1. The van der Waals surface area contributed by atoms with Gasteiger partial charge < -0.3 is 15.4 Å². The highest BCUT2D eigenvalue weighted by Gasteiger charge is 2.16. The molecule has 2 N–H and O–H groups in total. The van der Waals surface area contributed by atoms with Gasteiger partial charge in [-0.3, -0.25) is 9.78 Å². The fourth-order valence-corrected chi connectivity index (χ4v) is 2.86. The molecule has 0 fully saturated rings. The SMILES string of the molecule is CCOc1ccccc1NC(=O)c1cnn2ccc(NCc3cccnc3)nc12. The molecule has 0 aliphatic heterocycles. The highest BCUT2D eigenvalue weighted by Crippen LogP contribution is 2.25. The number of hydrogen-bond donors (Lipinski definition) is 2. The molecule has 0 aliphatic carbocycles. The third kappa shape index (κ3) is 4.16. The van der Waals surface area contributed by atoms with E-state index in [9.17, 15) is 4.79 Å². The van der Waals surface area contributed by atoms with Gasteiger partial charge in [0.15, 0.2) is 5.65 Å². The number of benzene rings is 1. The Morgan fingerprint density at radius 2 is 2.03 bits per heavy atom. The standard InChI is InChI=1S/C21H20N6O2/c1-2-29-18-8-4-3-7-17(18)25-21(28)16-14-24-27-11-9-19(26-20(16)27)23-13-15-6-5-10-22-12-15/h3-12,14H,2,13H2,1H3,(H,23,26)(H,25,28). The minimum Gasteiger partial charge on any atom is -0.492 e. The van der Waals surface area contributed by atoms with Crippen molar-refractivity contribution < 1.29 is 9.53 Å². The summed E-state index contributed by atoms with van der Waals surface area (Å²) < 4.78 is 7.14. The van der Waals surface area contributed by atoms with E-state index in [4.69, 9.17) is 4.74 Å². The zero-order valence-electron chi connectivity index (χ0n) is 15.9. The fourth-order valence-electron chi connectivity index (χ4n) is 2.86. The Morgan fingerprint density at radius 3 is 2.86 bits per heavy atom. The van der Waals surface area contributed by atoms with Crippen LogP contribution in [-0.2, 0) is 6.54 Å². The summed E-state index contributed by atoms with van der Waals surface area (Å²) in [5.41, 5.74) is 2.48. The normalized spacial score (nSPS) is 10.7. The molecular weight excluding hydrogens is 368 g/mol. The molecule has 0 radical (unpaired) electrons.